The molecule has 0 radical (unpaired) electrons. The molecule has 0 N–H and O–H groups in total. The van der Waals surface area contributed by atoms with Crippen molar-refractivity contribution in [3.8, 4) is 55.1 Å². The van der Waals surface area contributed by atoms with E-state index in [1.54, 1.807) is 11.3 Å². The Labute approximate surface area is 361 Å². The lowest BCUT2D eigenvalue weighted by Gasteiger charge is -2.10. The van der Waals surface area contributed by atoms with Gasteiger partial charge >= 0.3 is 0 Å². The van der Waals surface area contributed by atoms with Crippen molar-refractivity contribution < 1.29 is 0 Å². The lowest BCUT2D eigenvalue weighted by atomic mass is 9.95. The quantitative estimate of drug-likeness (QED) is 0.168. The Balaban J connectivity index is 0.918. The Bertz CT molecular complexity index is 3630. The molecule has 9 aromatic carbocycles. The average Bonchev–Trinajstić information content (AvgIpc) is 4.10. The molecule has 0 unspecified atom stereocenters. The molecule has 0 aliphatic rings. The van der Waals surface area contributed by atoms with E-state index in [9.17, 15) is 0 Å². The highest BCUT2D eigenvalue weighted by Gasteiger charge is 2.18. The predicted molar refractivity (Wildman–Crippen MR) is 265 cm³/mol. The number of hydrogen-bond donors (Lipinski definition) is 0. The first-order valence-electron chi connectivity index (χ1n) is 20.1. The Kier molecular flexibility index (Phi) is 7.76. The molecule has 0 spiro atoms. The summed E-state index contributed by atoms with van der Waals surface area (Å²) in [6.07, 6.45) is 0. The average molecular weight is 834 g/mol. The lowest BCUT2D eigenvalue weighted by Crippen LogP contribution is -1.86. The fraction of sp³-hybridized carbons (Fsp3) is 0. The van der Waals surface area contributed by atoms with Crippen molar-refractivity contribution in [3.05, 3.63) is 188 Å². The molecule has 13 rings (SSSR count). The van der Waals surface area contributed by atoms with Gasteiger partial charge in [0, 0.05) is 77.2 Å². The van der Waals surface area contributed by atoms with Gasteiger partial charge in [0.25, 0.3) is 0 Å². The maximum atomic E-state index is 5.49. The van der Waals surface area contributed by atoms with Crippen LogP contribution in [0.2, 0.25) is 0 Å². The highest BCUT2D eigenvalue weighted by Crippen LogP contribution is 2.45. The minimum atomic E-state index is 1.04. The van der Waals surface area contributed by atoms with E-state index in [2.05, 4.69) is 188 Å². The summed E-state index contributed by atoms with van der Waals surface area (Å²) in [6.45, 7) is 0. The summed E-state index contributed by atoms with van der Waals surface area (Å²) in [5.74, 6) is 0. The Morgan fingerprint density at radius 3 is 1.13 bits per heavy atom. The third kappa shape index (κ3) is 5.51. The van der Waals surface area contributed by atoms with E-state index < -0.39 is 0 Å². The van der Waals surface area contributed by atoms with Crippen molar-refractivity contribution in [3.63, 3.8) is 0 Å². The number of benzene rings is 9. The zero-order valence-corrected chi connectivity index (χ0v) is 35.2. The summed E-state index contributed by atoms with van der Waals surface area (Å²) in [6, 6.07) is 69.6. The zero-order chi connectivity index (χ0) is 39.3. The fourth-order valence-corrected chi connectivity index (χ4v) is 13.3. The highest BCUT2D eigenvalue weighted by molar-refractivity contribution is 7.26. The zero-order valence-electron chi connectivity index (χ0n) is 32.0. The maximum Gasteiger partial charge on any atom is 0.124 e. The summed E-state index contributed by atoms with van der Waals surface area (Å²) in [4.78, 5) is 5.49. The van der Waals surface area contributed by atoms with Crippen molar-refractivity contribution in [1.82, 2.24) is 4.98 Å². The van der Waals surface area contributed by atoms with Crippen molar-refractivity contribution in [1.29, 1.82) is 0 Å². The standard InChI is InChI=1S/C55H31NS4/c1-4-10-47-41(7-1)44-29-36(21-26-50(44)57-47)32-13-17-34(18-14-32)39-24-25-40(35-19-15-33(16-20-35)37-22-27-51-45(30-37)42-8-2-5-11-48(42)58-51)54-53(39)56-55(60-54)38-23-28-52-46(31-38)43-9-3-6-12-49(43)59-52/h1-31H. The molecule has 0 bridgehead atoms. The molecule has 0 amide bonds. The van der Waals surface area contributed by atoms with E-state index in [0.29, 0.717) is 0 Å². The second-order valence-corrected chi connectivity index (χ2v) is 19.7. The summed E-state index contributed by atoms with van der Waals surface area (Å²) in [5, 5.41) is 8.94. The minimum absolute atomic E-state index is 1.04. The van der Waals surface area contributed by atoms with E-state index in [0.717, 1.165) is 21.7 Å². The summed E-state index contributed by atoms with van der Waals surface area (Å²) in [7, 11) is 0. The maximum absolute atomic E-state index is 5.49. The van der Waals surface area contributed by atoms with Crippen LogP contribution in [0.5, 0.6) is 0 Å². The molecule has 1 nitrogen and oxygen atoms in total. The molecule has 0 fully saturated rings. The fourth-order valence-electron chi connectivity index (χ4n) is 8.95. The molecular formula is C55H31NS4. The van der Waals surface area contributed by atoms with Crippen molar-refractivity contribution >= 4 is 116 Å². The van der Waals surface area contributed by atoms with Gasteiger partial charge in [-0.05, 0) is 88.0 Å². The van der Waals surface area contributed by atoms with Crippen molar-refractivity contribution in [2.75, 3.05) is 0 Å². The molecule has 0 saturated heterocycles. The summed E-state index contributed by atoms with van der Waals surface area (Å²) in [5.41, 5.74) is 11.8. The van der Waals surface area contributed by atoms with Gasteiger partial charge in [0.05, 0.1) is 10.2 Å². The van der Waals surface area contributed by atoms with Crippen molar-refractivity contribution in [2.24, 2.45) is 0 Å². The van der Waals surface area contributed by atoms with E-state index >= 15 is 0 Å². The van der Waals surface area contributed by atoms with Crippen LogP contribution in [0.1, 0.15) is 0 Å². The number of thiazole rings is 1. The first-order chi connectivity index (χ1) is 29.7. The molecule has 0 aliphatic heterocycles. The van der Waals surface area contributed by atoms with Gasteiger partial charge in [-0.15, -0.1) is 45.3 Å². The van der Waals surface area contributed by atoms with Gasteiger partial charge in [-0.3, -0.25) is 0 Å². The molecule has 0 aliphatic carbocycles. The summed E-state index contributed by atoms with van der Waals surface area (Å²) < 4.78 is 9.15. The second kappa shape index (κ2) is 13.5. The Morgan fingerprint density at radius 2 is 0.633 bits per heavy atom. The molecule has 60 heavy (non-hydrogen) atoms. The molecule has 4 aromatic heterocycles. The van der Waals surface area contributed by atoms with Gasteiger partial charge in [-0.25, -0.2) is 4.98 Å². The van der Waals surface area contributed by atoms with E-state index in [1.807, 2.05) is 34.0 Å². The van der Waals surface area contributed by atoms with Crippen LogP contribution in [-0.2, 0) is 0 Å². The summed E-state index contributed by atoms with van der Waals surface area (Å²) >= 11 is 7.38. The third-order valence-corrected chi connectivity index (χ3v) is 16.6. The van der Waals surface area contributed by atoms with Crippen LogP contribution in [0.15, 0.2) is 188 Å². The normalized spacial score (nSPS) is 12.0. The largest absolute Gasteiger partial charge is 0.235 e. The first-order valence-corrected chi connectivity index (χ1v) is 23.3. The van der Waals surface area contributed by atoms with E-state index in [4.69, 9.17) is 4.98 Å². The van der Waals surface area contributed by atoms with Gasteiger partial charge in [-0.1, -0.05) is 133 Å². The molecule has 0 atom stereocenters. The van der Waals surface area contributed by atoms with Gasteiger partial charge in [-0.2, -0.15) is 0 Å². The van der Waals surface area contributed by atoms with Crippen LogP contribution in [0.4, 0.5) is 0 Å². The Morgan fingerprint density at radius 1 is 0.267 bits per heavy atom. The Hall–Kier alpha value is -6.47. The topological polar surface area (TPSA) is 12.9 Å². The first kappa shape index (κ1) is 34.4. The number of hydrogen-bond acceptors (Lipinski definition) is 5. The van der Waals surface area contributed by atoms with Gasteiger partial charge < -0.3 is 0 Å². The minimum Gasteiger partial charge on any atom is -0.235 e. The highest BCUT2D eigenvalue weighted by atomic mass is 32.1. The molecule has 13 aromatic rings. The second-order valence-electron chi connectivity index (χ2n) is 15.4. The molecule has 0 saturated carbocycles. The molecule has 4 heterocycles. The van der Waals surface area contributed by atoms with Gasteiger partial charge in [0.15, 0.2) is 0 Å². The smallest absolute Gasteiger partial charge is 0.124 e. The molecule has 5 heteroatoms. The number of thiophene rings is 3. The number of rotatable bonds is 5. The number of nitrogens with zero attached hydrogens (tertiary/aromatic N) is 1. The van der Waals surface area contributed by atoms with Gasteiger partial charge in [0.1, 0.15) is 5.01 Å². The van der Waals surface area contributed by atoms with Gasteiger partial charge in [0.2, 0.25) is 0 Å². The van der Waals surface area contributed by atoms with E-state index in [1.165, 1.54) is 104 Å². The number of aromatic nitrogens is 1. The van der Waals surface area contributed by atoms with Crippen LogP contribution in [0.25, 0.3) is 126 Å². The lowest BCUT2D eigenvalue weighted by molar-refractivity contribution is 1.48. The SMILES string of the molecule is c1ccc2c(c1)sc1ccc(-c3ccc(-c4ccc(-c5ccc(-c6ccc7sc8ccccc8c7c6)cc5)c5sc(-c6ccc7sc8ccccc8c7c6)nc45)cc3)cc12. The third-order valence-electron chi connectivity index (χ3n) is 12.0. The van der Waals surface area contributed by atoms with Crippen LogP contribution in [0.3, 0.4) is 0 Å². The monoisotopic (exact) mass is 833 g/mol. The van der Waals surface area contributed by atoms with Crippen LogP contribution in [0, 0.1) is 0 Å². The van der Waals surface area contributed by atoms with E-state index in [-0.39, 0.29) is 0 Å². The predicted octanol–water partition coefficient (Wildman–Crippen LogP) is 17.7. The van der Waals surface area contributed by atoms with Crippen LogP contribution >= 0.6 is 45.3 Å². The number of fused-ring (bicyclic) bond motifs is 10. The van der Waals surface area contributed by atoms with Crippen LogP contribution < -0.4 is 0 Å². The van der Waals surface area contributed by atoms with Crippen molar-refractivity contribution in [2.45, 2.75) is 0 Å². The molecule has 280 valence electrons. The molecular weight excluding hydrogens is 803 g/mol. The van der Waals surface area contributed by atoms with Crippen LogP contribution in [-0.4, -0.2) is 4.98 Å².